The summed E-state index contributed by atoms with van der Waals surface area (Å²) < 4.78 is 0. The van der Waals surface area contributed by atoms with Crippen LogP contribution in [-0.4, -0.2) is 47.5 Å². The highest BCUT2D eigenvalue weighted by Gasteiger charge is 2.27. The summed E-state index contributed by atoms with van der Waals surface area (Å²) in [6, 6.07) is 0. The van der Waals surface area contributed by atoms with E-state index in [1.54, 1.807) is 0 Å². The lowest BCUT2D eigenvalue weighted by Gasteiger charge is -2.18. The monoisotopic (exact) mass is 298 g/mol. The van der Waals surface area contributed by atoms with Crippen molar-refractivity contribution in [2.24, 2.45) is 0 Å². The molecular weight excluding hydrogens is 272 g/mol. The van der Waals surface area contributed by atoms with E-state index in [1.165, 1.54) is 33.9 Å². The number of likely N-dealkylation sites (N-methyl/N-ethyl adjacent to an activating group) is 2. The van der Waals surface area contributed by atoms with E-state index in [4.69, 9.17) is 0 Å². The minimum Gasteiger partial charge on any atom is -0.278 e. The van der Waals surface area contributed by atoms with Gasteiger partial charge >= 0.3 is 11.8 Å². The summed E-state index contributed by atoms with van der Waals surface area (Å²) in [7, 11) is 2.49. The van der Waals surface area contributed by atoms with Gasteiger partial charge in [-0.15, -0.1) is 0 Å². The number of carbonyl (C=O) groups excluding carboxylic acids is 4. The predicted molar refractivity (Wildman–Crippen MR) is 79.2 cm³/mol. The number of rotatable bonds is 7. The Hall–Kier alpha value is -1.72. The summed E-state index contributed by atoms with van der Waals surface area (Å²) in [4.78, 5) is 47.8. The largest absolute Gasteiger partial charge is 0.318 e. The first-order valence-corrected chi connectivity index (χ1v) is 7.42. The summed E-state index contributed by atoms with van der Waals surface area (Å²) in [6.07, 6.45) is 6.48. The Morgan fingerprint density at radius 2 is 1.24 bits per heavy atom. The van der Waals surface area contributed by atoms with Crippen molar-refractivity contribution in [2.45, 2.75) is 58.8 Å². The van der Waals surface area contributed by atoms with Gasteiger partial charge in [0.05, 0.1) is 0 Å². The summed E-state index contributed by atoms with van der Waals surface area (Å²) in [5.41, 5.74) is 0. The summed E-state index contributed by atoms with van der Waals surface area (Å²) in [5, 5.41) is 0. The zero-order chi connectivity index (χ0) is 16.4. The van der Waals surface area contributed by atoms with Crippen LogP contribution in [0.3, 0.4) is 0 Å². The van der Waals surface area contributed by atoms with Gasteiger partial charge in [-0.3, -0.25) is 29.0 Å². The fourth-order valence-electron chi connectivity index (χ4n) is 1.77. The molecule has 4 amide bonds. The highest BCUT2D eigenvalue weighted by Crippen LogP contribution is 2.08. The lowest BCUT2D eigenvalue weighted by molar-refractivity contribution is -0.158. The Morgan fingerprint density at radius 3 is 1.76 bits per heavy atom. The molecule has 21 heavy (non-hydrogen) atoms. The number of amides is 4. The molecule has 0 radical (unpaired) electrons. The number of carbonyl (C=O) groups is 4. The Labute approximate surface area is 126 Å². The lowest BCUT2D eigenvalue weighted by atomic mass is 10.1. The molecule has 0 aliphatic heterocycles. The van der Waals surface area contributed by atoms with Crippen LogP contribution in [0.1, 0.15) is 58.8 Å². The third kappa shape index (κ3) is 7.02. The molecule has 0 bridgehead atoms. The molecule has 0 rings (SSSR count). The number of hydrogen-bond acceptors (Lipinski definition) is 4. The van der Waals surface area contributed by atoms with Gasteiger partial charge in [-0.05, 0) is 6.42 Å². The Bertz CT molecular complexity index is 393. The second kappa shape index (κ2) is 10.1. The van der Waals surface area contributed by atoms with E-state index in [0.717, 1.165) is 24.2 Å². The predicted octanol–water partition coefficient (Wildman–Crippen LogP) is 1.73. The van der Waals surface area contributed by atoms with E-state index in [0.29, 0.717) is 11.3 Å². The van der Waals surface area contributed by atoms with Gasteiger partial charge in [-0.1, -0.05) is 39.0 Å². The van der Waals surface area contributed by atoms with Crippen molar-refractivity contribution in [3.63, 3.8) is 0 Å². The Morgan fingerprint density at radius 1 is 0.762 bits per heavy atom. The molecule has 0 aromatic heterocycles. The van der Waals surface area contributed by atoms with Crippen molar-refractivity contribution < 1.29 is 19.2 Å². The summed E-state index contributed by atoms with van der Waals surface area (Å²) >= 11 is 0. The average molecular weight is 298 g/mol. The summed E-state index contributed by atoms with van der Waals surface area (Å²) in [5.74, 6) is -2.88. The van der Waals surface area contributed by atoms with Crippen molar-refractivity contribution in [1.29, 1.82) is 0 Å². The maximum atomic E-state index is 11.8. The highest BCUT2D eigenvalue weighted by atomic mass is 16.2. The number of unbranched alkanes of at least 4 members (excludes halogenated alkanes) is 5. The van der Waals surface area contributed by atoms with Crippen molar-refractivity contribution in [2.75, 3.05) is 14.1 Å². The number of imide groups is 2. The summed E-state index contributed by atoms with van der Waals surface area (Å²) in [6.45, 7) is 3.32. The molecule has 0 saturated heterocycles. The molecule has 0 aromatic rings. The van der Waals surface area contributed by atoms with Crippen LogP contribution in [0.15, 0.2) is 0 Å². The second-order valence-electron chi connectivity index (χ2n) is 5.16. The van der Waals surface area contributed by atoms with Crippen LogP contribution < -0.4 is 0 Å². The molecule has 0 atom stereocenters. The molecule has 0 saturated carbocycles. The van der Waals surface area contributed by atoms with E-state index in [9.17, 15) is 19.2 Å². The van der Waals surface area contributed by atoms with Crippen LogP contribution in [-0.2, 0) is 19.2 Å². The molecule has 0 aromatic carbocycles. The molecule has 120 valence electrons. The van der Waals surface area contributed by atoms with E-state index >= 15 is 0 Å². The van der Waals surface area contributed by atoms with Crippen LogP contribution in [0.25, 0.3) is 0 Å². The van der Waals surface area contributed by atoms with Crippen molar-refractivity contribution in [3.8, 4) is 0 Å². The molecule has 0 N–H and O–H groups in total. The van der Waals surface area contributed by atoms with Crippen LogP contribution >= 0.6 is 0 Å². The van der Waals surface area contributed by atoms with Gasteiger partial charge in [0, 0.05) is 27.4 Å². The fourth-order valence-corrected chi connectivity index (χ4v) is 1.77. The lowest BCUT2D eigenvalue weighted by Crippen LogP contribution is -2.45. The second-order valence-corrected chi connectivity index (χ2v) is 5.16. The smallest absolute Gasteiger partial charge is 0.278 e. The zero-order valence-electron chi connectivity index (χ0n) is 13.5. The third-order valence-electron chi connectivity index (χ3n) is 3.38. The SMILES string of the molecule is CCCCCCCCC(=O)N(C)C(=O)C(=O)N(C)C(C)=O. The molecule has 0 fully saturated rings. The Balaban J connectivity index is 4.16. The standard InChI is InChI=1S/C15H26N2O4/c1-5-6-7-8-9-10-11-13(19)17(4)15(21)14(20)16(3)12(2)18/h5-11H2,1-4H3. The van der Waals surface area contributed by atoms with Gasteiger partial charge in [-0.2, -0.15) is 0 Å². The van der Waals surface area contributed by atoms with Crippen molar-refractivity contribution in [1.82, 2.24) is 9.80 Å². The maximum Gasteiger partial charge on any atom is 0.318 e. The van der Waals surface area contributed by atoms with E-state index in [-0.39, 0.29) is 12.3 Å². The molecule has 6 heteroatoms. The first-order chi connectivity index (χ1) is 9.82. The van der Waals surface area contributed by atoms with E-state index in [2.05, 4.69) is 6.92 Å². The normalized spacial score (nSPS) is 10.1. The first kappa shape index (κ1) is 19.3. The fraction of sp³-hybridized carbons (Fsp3) is 0.733. The van der Waals surface area contributed by atoms with Gasteiger partial charge < -0.3 is 0 Å². The zero-order valence-corrected chi connectivity index (χ0v) is 13.5. The minimum absolute atomic E-state index is 0.241. The maximum absolute atomic E-state index is 11.8. The molecule has 0 unspecified atom stereocenters. The van der Waals surface area contributed by atoms with Crippen molar-refractivity contribution in [3.05, 3.63) is 0 Å². The van der Waals surface area contributed by atoms with Gasteiger partial charge in [0.1, 0.15) is 0 Å². The van der Waals surface area contributed by atoms with E-state index in [1.807, 2.05) is 0 Å². The van der Waals surface area contributed by atoms with Crippen LogP contribution in [0.5, 0.6) is 0 Å². The quantitative estimate of drug-likeness (QED) is 0.530. The molecule has 0 spiro atoms. The van der Waals surface area contributed by atoms with Crippen LogP contribution in [0.2, 0.25) is 0 Å². The number of hydrogen-bond donors (Lipinski definition) is 0. The molecular formula is C15H26N2O4. The van der Waals surface area contributed by atoms with Gasteiger partial charge in [0.25, 0.3) is 0 Å². The number of nitrogens with zero attached hydrogens (tertiary/aromatic N) is 2. The van der Waals surface area contributed by atoms with Crippen LogP contribution in [0.4, 0.5) is 0 Å². The third-order valence-corrected chi connectivity index (χ3v) is 3.38. The van der Waals surface area contributed by atoms with Gasteiger partial charge in [0.2, 0.25) is 11.8 Å². The first-order valence-electron chi connectivity index (χ1n) is 7.42. The average Bonchev–Trinajstić information content (AvgIpc) is 2.47. The highest BCUT2D eigenvalue weighted by molar-refractivity contribution is 6.39. The molecule has 0 aliphatic rings. The van der Waals surface area contributed by atoms with Gasteiger partial charge in [0.15, 0.2) is 0 Å². The minimum atomic E-state index is -0.985. The van der Waals surface area contributed by atoms with Crippen LogP contribution in [0, 0.1) is 0 Å². The molecule has 6 nitrogen and oxygen atoms in total. The van der Waals surface area contributed by atoms with Crippen molar-refractivity contribution >= 4 is 23.6 Å². The molecule has 0 aliphatic carbocycles. The molecule has 0 heterocycles. The van der Waals surface area contributed by atoms with E-state index < -0.39 is 17.7 Å². The Kier molecular flexibility index (Phi) is 9.25. The van der Waals surface area contributed by atoms with Gasteiger partial charge in [-0.25, -0.2) is 0 Å². The topological polar surface area (TPSA) is 74.8 Å².